The second kappa shape index (κ2) is 13.0. The molecule has 0 spiro atoms. The van der Waals surface area contributed by atoms with Crippen LogP contribution in [0.3, 0.4) is 0 Å². The maximum Gasteiger partial charge on any atom is 0.0830 e. The molecule has 0 fully saturated rings. The van der Waals surface area contributed by atoms with E-state index in [1.807, 2.05) is 12.3 Å². The number of aryl methyl sites for hydroxylation is 2. The molecule has 0 aliphatic heterocycles. The van der Waals surface area contributed by atoms with Crippen LogP contribution in [0.2, 0.25) is 0 Å². The molecule has 3 aromatic carbocycles. The third-order valence-corrected chi connectivity index (χ3v) is 7.37. The van der Waals surface area contributed by atoms with E-state index in [1.165, 1.54) is 23.3 Å². The summed E-state index contributed by atoms with van der Waals surface area (Å²) in [6, 6.07) is 12.3. The van der Waals surface area contributed by atoms with Crippen molar-refractivity contribution in [2.24, 2.45) is 0 Å². The molecule has 205 valence electrons. The molecule has 0 amide bonds. The van der Waals surface area contributed by atoms with Crippen molar-refractivity contribution in [3.05, 3.63) is 119 Å². The second-order valence-electron chi connectivity index (χ2n) is 9.59. The standard InChI is InChI=1S/C20H16NS.C16H18N.Ir/c1-13(2)14-7-6-11-18-19(14)16-9-5-8-15(20(16)22-18)17-10-3-4-12-21-17;1-11(2)15-10-17-16(9-13(15)4)14-7-5-12(3)6-8-14;/h3-7,9-13H,1-2H3;5-7,9-11H,1-4H3;/q2*-1;/i3D,4D,6D,7D,9D,10D,11D,12D,13D;3D3;. The van der Waals surface area contributed by atoms with Crippen LogP contribution in [-0.4, -0.2) is 9.97 Å². The Morgan fingerprint density at radius 3 is 2.50 bits per heavy atom. The minimum absolute atomic E-state index is 0. The van der Waals surface area contributed by atoms with Gasteiger partial charge in [-0.05, 0) is 64.8 Å². The van der Waals surface area contributed by atoms with E-state index in [9.17, 15) is 0 Å². The fourth-order valence-corrected chi connectivity index (χ4v) is 5.47. The predicted molar refractivity (Wildman–Crippen MR) is 168 cm³/mol. The Labute approximate surface area is 272 Å². The molecule has 4 heteroatoms. The average molecular weight is 731 g/mol. The van der Waals surface area contributed by atoms with E-state index in [1.54, 1.807) is 26.0 Å². The summed E-state index contributed by atoms with van der Waals surface area (Å²) >= 11 is 1.08. The summed E-state index contributed by atoms with van der Waals surface area (Å²) in [5, 5.41) is 0.743. The molecule has 6 aromatic rings. The number of nitrogens with zero attached hydrogens (tertiary/aromatic N) is 2. The number of fused-ring (bicyclic) bond motifs is 3. The maximum absolute atomic E-state index is 8.54. The summed E-state index contributed by atoms with van der Waals surface area (Å²) in [6.07, 6.45) is 1.44. The van der Waals surface area contributed by atoms with Crippen LogP contribution in [0.25, 0.3) is 42.7 Å². The van der Waals surface area contributed by atoms with Crippen molar-refractivity contribution in [2.45, 2.75) is 53.3 Å². The zero-order valence-electron chi connectivity index (χ0n) is 34.7. The second-order valence-corrected chi connectivity index (χ2v) is 10.6. The van der Waals surface area contributed by atoms with E-state index >= 15 is 0 Å². The molecule has 0 unspecified atom stereocenters. The topological polar surface area (TPSA) is 25.8 Å². The molecule has 0 atom stereocenters. The Morgan fingerprint density at radius 2 is 1.80 bits per heavy atom. The number of hydrogen-bond donors (Lipinski definition) is 0. The zero-order chi connectivity index (χ0) is 37.9. The maximum atomic E-state index is 8.54. The summed E-state index contributed by atoms with van der Waals surface area (Å²) in [5.41, 5.74) is 4.83. The summed E-state index contributed by atoms with van der Waals surface area (Å²) in [4.78, 5) is 8.46. The zero-order valence-corrected chi connectivity index (χ0v) is 25.9. The van der Waals surface area contributed by atoms with Gasteiger partial charge in [-0.3, -0.25) is 0 Å². The number of rotatable bonds is 4. The quantitative estimate of drug-likeness (QED) is 0.169. The smallest absolute Gasteiger partial charge is 0.0830 e. The molecule has 2 nitrogen and oxygen atoms in total. The molecule has 0 bridgehead atoms. The first-order valence-corrected chi connectivity index (χ1v) is 13.3. The summed E-state index contributed by atoms with van der Waals surface area (Å²) in [6.45, 7) is 7.43. The first kappa shape index (κ1) is 17.6. The Bertz CT molecular complexity index is 2310. The first-order valence-electron chi connectivity index (χ1n) is 18.5. The monoisotopic (exact) mass is 731 g/mol. The molecule has 6 rings (SSSR count). The van der Waals surface area contributed by atoms with Crippen molar-refractivity contribution in [2.75, 3.05) is 0 Å². The van der Waals surface area contributed by atoms with Crippen LogP contribution in [0.4, 0.5) is 0 Å². The third kappa shape index (κ3) is 6.25. The van der Waals surface area contributed by atoms with Crippen LogP contribution in [0.5, 0.6) is 0 Å². The minimum atomic E-state index is -2.08. The van der Waals surface area contributed by atoms with E-state index in [2.05, 4.69) is 42.9 Å². The van der Waals surface area contributed by atoms with Gasteiger partial charge in [-0.15, -0.1) is 59.1 Å². The van der Waals surface area contributed by atoms with Gasteiger partial charge in [0.2, 0.25) is 0 Å². The van der Waals surface area contributed by atoms with Crippen molar-refractivity contribution < 1.29 is 36.6 Å². The van der Waals surface area contributed by atoms with Crippen LogP contribution in [0, 0.1) is 25.9 Å². The van der Waals surface area contributed by atoms with Crippen LogP contribution in [0.15, 0.2) is 85.0 Å². The summed E-state index contributed by atoms with van der Waals surface area (Å²) < 4.78 is 96.6. The molecule has 0 saturated heterocycles. The number of pyridine rings is 2. The van der Waals surface area contributed by atoms with Gasteiger partial charge in [0, 0.05) is 42.7 Å². The van der Waals surface area contributed by atoms with Crippen molar-refractivity contribution in [1.29, 1.82) is 0 Å². The first-order chi connectivity index (χ1) is 23.6. The van der Waals surface area contributed by atoms with Gasteiger partial charge in [-0.1, -0.05) is 75.7 Å². The molecular formula is C36H34IrN2S-2. The van der Waals surface area contributed by atoms with Gasteiger partial charge in [0.05, 0.1) is 9.60 Å². The van der Waals surface area contributed by atoms with Crippen molar-refractivity contribution in [3.63, 3.8) is 0 Å². The summed E-state index contributed by atoms with van der Waals surface area (Å²) in [5.74, 6) is -0.827. The van der Waals surface area contributed by atoms with E-state index < -0.39 is 31.0 Å². The largest absolute Gasteiger partial charge is 0.305 e. The van der Waals surface area contributed by atoms with E-state index in [0.717, 1.165) is 22.6 Å². The van der Waals surface area contributed by atoms with E-state index in [4.69, 9.17) is 16.4 Å². The molecule has 0 saturated carbocycles. The van der Waals surface area contributed by atoms with Crippen LogP contribution in [0.1, 0.15) is 78.2 Å². The van der Waals surface area contributed by atoms with Crippen LogP contribution in [-0.2, 0) is 20.1 Å². The Hall–Kier alpha value is -3.17. The Morgan fingerprint density at radius 1 is 0.950 bits per heavy atom. The molecular weight excluding hydrogens is 685 g/mol. The number of benzene rings is 3. The predicted octanol–water partition coefficient (Wildman–Crippen LogP) is 10.3. The van der Waals surface area contributed by atoms with Gasteiger partial charge < -0.3 is 9.97 Å². The van der Waals surface area contributed by atoms with E-state index in [-0.39, 0.29) is 67.1 Å². The molecule has 3 heterocycles. The van der Waals surface area contributed by atoms with Gasteiger partial charge in [0.15, 0.2) is 0 Å². The summed E-state index contributed by atoms with van der Waals surface area (Å²) in [7, 11) is 0. The molecule has 3 aromatic heterocycles. The van der Waals surface area contributed by atoms with Gasteiger partial charge >= 0.3 is 0 Å². The minimum Gasteiger partial charge on any atom is -0.305 e. The van der Waals surface area contributed by atoms with Crippen LogP contribution >= 0.6 is 11.3 Å². The number of thiophene rings is 1. The molecule has 0 N–H and O–H groups in total. The van der Waals surface area contributed by atoms with Crippen molar-refractivity contribution in [3.8, 4) is 22.5 Å². The van der Waals surface area contributed by atoms with Gasteiger partial charge in [-0.25, -0.2) is 0 Å². The van der Waals surface area contributed by atoms with Gasteiger partial charge in [0.25, 0.3) is 0 Å². The molecule has 1 radical (unpaired) electrons. The fraction of sp³-hybridized carbons (Fsp3) is 0.222. The molecule has 0 aliphatic carbocycles. The Kier molecular flexibility index (Phi) is 5.72. The SMILES string of the molecule is [2H]C([2H])([2H])c1c[c-]c(-c2cc(C)c(C(C)C)cn2)cc1.[2H]c1nc(-c2[c-]cc([2H])c3c2sc2c([2H])c([2H])c([2H])c(C([2H])(C)C)c23)c([2H])c([2H])c1[2H].[Ir]. The van der Waals surface area contributed by atoms with Gasteiger partial charge in [-0.2, -0.15) is 11.3 Å². The average Bonchev–Trinajstić information content (AvgIpc) is 3.45. The van der Waals surface area contributed by atoms with Crippen LogP contribution < -0.4 is 0 Å². The molecule has 40 heavy (non-hydrogen) atoms. The number of hydrogen-bond acceptors (Lipinski definition) is 3. The normalized spacial score (nSPS) is 15.8. The Balaban J connectivity index is 0.000000250. The van der Waals surface area contributed by atoms with Crippen molar-refractivity contribution in [1.82, 2.24) is 9.97 Å². The van der Waals surface area contributed by atoms with Gasteiger partial charge in [0.1, 0.15) is 0 Å². The fourth-order valence-electron chi connectivity index (χ4n) is 4.33. The van der Waals surface area contributed by atoms with E-state index in [0.29, 0.717) is 31.7 Å². The van der Waals surface area contributed by atoms with Crippen molar-refractivity contribution >= 4 is 31.5 Å². The molecule has 0 aliphatic rings. The third-order valence-electron chi connectivity index (χ3n) is 6.25. The number of aromatic nitrogens is 2.